The summed E-state index contributed by atoms with van der Waals surface area (Å²) in [5, 5.41) is 7.78. The number of amides is 1. The largest absolute Gasteiger partial charge is 0.281 e. The molecule has 0 aliphatic carbocycles. The SMILES string of the molecule is Cc1ccsc1/C=N/NC(=O)c1cccs1. The van der Waals surface area contributed by atoms with Gasteiger partial charge in [-0.2, -0.15) is 5.10 Å². The number of hydrogen-bond acceptors (Lipinski definition) is 4. The number of rotatable bonds is 3. The summed E-state index contributed by atoms with van der Waals surface area (Å²) < 4.78 is 0. The molecule has 0 aliphatic rings. The van der Waals surface area contributed by atoms with Crippen LogP contribution in [0.4, 0.5) is 0 Å². The molecule has 0 fully saturated rings. The number of aryl methyl sites for hydroxylation is 1. The Morgan fingerprint density at radius 3 is 2.88 bits per heavy atom. The van der Waals surface area contributed by atoms with Crippen LogP contribution in [0.3, 0.4) is 0 Å². The summed E-state index contributed by atoms with van der Waals surface area (Å²) in [5.41, 5.74) is 3.66. The zero-order valence-corrected chi connectivity index (χ0v) is 10.3. The van der Waals surface area contributed by atoms with Gasteiger partial charge in [-0.1, -0.05) is 6.07 Å². The molecule has 0 atom stereocenters. The van der Waals surface area contributed by atoms with Gasteiger partial charge in [0.1, 0.15) is 0 Å². The maximum absolute atomic E-state index is 11.5. The van der Waals surface area contributed by atoms with Crippen molar-refractivity contribution in [2.75, 3.05) is 0 Å². The van der Waals surface area contributed by atoms with Crippen LogP contribution in [0.1, 0.15) is 20.1 Å². The Hall–Kier alpha value is -1.46. The Balaban J connectivity index is 1.96. The first-order chi connectivity index (χ1) is 7.77. The third-order valence-electron chi connectivity index (χ3n) is 1.99. The smallest absolute Gasteiger partial charge is 0.266 e. The lowest BCUT2D eigenvalue weighted by atomic mass is 10.3. The average molecular weight is 250 g/mol. The van der Waals surface area contributed by atoms with Crippen molar-refractivity contribution in [2.24, 2.45) is 5.10 Å². The zero-order valence-electron chi connectivity index (χ0n) is 8.64. The fraction of sp³-hybridized carbons (Fsp3) is 0.0909. The number of hydrogen-bond donors (Lipinski definition) is 1. The van der Waals surface area contributed by atoms with Gasteiger partial charge >= 0.3 is 0 Å². The van der Waals surface area contributed by atoms with Crippen molar-refractivity contribution in [1.82, 2.24) is 5.43 Å². The minimum Gasteiger partial charge on any atom is -0.266 e. The van der Waals surface area contributed by atoms with Crippen LogP contribution >= 0.6 is 22.7 Å². The summed E-state index contributed by atoms with van der Waals surface area (Å²) in [4.78, 5) is 13.2. The maximum atomic E-state index is 11.5. The first-order valence-electron chi connectivity index (χ1n) is 4.68. The van der Waals surface area contributed by atoms with Crippen LogP contribution in [0.15, 0.2) is 34.1 Å². The molecule has 0 spiro atoms. The standard InChI is InChI=1S/C11H10N2OS2/c1-8-4-6-16-10(8)7-12-13-11(14)9-3-2-5-15-9/h2-7H,1H3,(H,13,14)/b12-7+. The summed E-state index contributed by atoms with van der Waals surface area (Å²) in [5.74, 6) is -0.166. The molecule has 2 heterocycles. The number of carbonyl (C=O) groups is 1. The summed E-state index contributed by atoms with van der Waals surface area (Å²) in [6, 6.07) is 5.63. The Morgan fingerprint density at radius 2 is 2.25 bits per heavy atom. The predicted octanol–water partition coefficient (Wildman–Crippen LogP) is 2.88. The van der Waals surface area contributed by atoms with Crippen molar-refractivity contribution in [2.45, 2.75) is 6.92 Å². The number of hydrazone groups is 1. The molecule has 0 bridgehead atoms. The molecule has 5 heteroatoms. The minimum absolute atomic E-state index is 0.166. The minimum atomic E-state index is -0.166. The van der Waals surface area contributed by atoms with Crippen molar-refractivity contribution >= 4 is 34.8 Å². The van der Waals surface area contributed by atoms with Gasteiger partial charge in [-0.25, -0.2) is 5.43 Å². The fourth-order valence-electron chi connectivity index (χ4n) is 1.13. The molecule has 3 nitrogen and oxygen atoms in total. The van der Waals surface area contributed by atoms with Gasteiger partial charge in [0, 0.05) is 4.88 Å². The number of nitrogens with zero attached hydrogens (tertiary/aromatic N) is 1. The van der Waals surface area contributed by atoms with Gasteiger partial charge in [0.2, 0.25) is 0 Å². The number of thiophene rings is 2. The lowest BCUT2D eigenvalue weighted by Crippen LogP contribution is -2.15. The molecule has 0 aliphatic heterocycles. The lowest BCUT2D eigenvalue weighted by molar-refractivity contribution is 0.0959. The van der Waals surface area contributed by atoms with Crippen molar-refractivity contribution in [1.29, 1.82) is 0 Å². The van der Waals surface area contributed by atoms with E-state index in [0.717, 1.165) is 4.88 Å². The van der Waals surface area contributed by atoms with E-state index < -0.39 is 0 Å². The third kappa shape index (κ3) is 2.56. The first-order valence-corrected chi connectivity index (χ1v) is 6.44. The summed E-state index contributed by atoms with van der Waals surface area (Å²) in [7, 11) is 0. The Morgan fingerprint density at radius 1 is 1.38 bits per heavy atom. The second-order valence-corrected chi connectivity index (χ2v) is 5.04. The van der Waals surface area contributed by atoms with Crippen molar-refractivity contribution < 1.29 is 4.79 Å². The molecule has 2 aromatic rings. The van der Waals surface area contributed by atoms with Gasteiger partial charge in [0.25, 0.3) is 5.91 Å². The molecular formula is C11H10N2OS2. The van der Waals surface area contributed by atoms with E-state index in [1.54, 1.807) is 23.6 Å². The van der Waals surface area contributed by atoms with Crippen LogP contribution in [0.25, 0.3) is 0 Å². The highest BCUT2D eigenvalue weighted by Crippen LogP contribution is 2.12. The van der Waals surface area contributed by atoms with Crippen LogP contribution in [-0.2, 0) is 0 Å². The average Bonchev–Trinajstić information content (AvgIpc) is 2.90. The van der Waals surface area contributed by atoms with E-state index in [2.05, 4.69) is 10.5 Å². The van der Waals surface area contributed by atoms with Crippen LogP contribution in [0, 0.1) is 6.92 Å². The Kier molecular flexibility index (Phi) is 3.48. The van der Waals surface area contributed by atoms with Gasteiger partial charge in [-0.05, 0) is 35.4 Å². The highest BCUT2D eigenvalue weighted by atomic mass is 32.1. The van der Waals surface area contributed by atoms with Crippen LogP contribution in [0.2, 0.25) is 0 Å². The molecule has 2 rings (SSSR count). The third-order valence-corrected chi connectivity index (χ3v) is 3.82. The second-order valence-electron chi connectivity index (χ2n) is 3.14. The normalized spacial score (nSPS) is 10.8. The number of carbonyl (C=O) groups excluding carboxylic acids is 1. The summed E-state index contributed by atoms with van der Waals surface area (Å²) in [6.07, 6.45) is 1.67. The van der Waals surface area contributed by atoms with E-state index in [-0.39, 0.29) is 5.91 Å². The van der Waals surface area contributed by atoms with Crippen molar-refractivity contribution in [3.05, 3.63) is 44.3 Å². The Labute approximate surface area is 101 Å². The van der Waals surface area contributed by atoms with E-state index >= 15 is 0 Å². The van der Waals surface area contributed by atoms with E-state index in [1.807, 2.05) is 29.8 Å². The van der Waals surface area contributed by atoms with Gasteiger partial charge in [0.15, 0.2) is 0 Å². The predicted molar refractivity (Wildman–Crippen MR) is 68.4 cm³/mol. The van der Waals surface area contributed by atoms with Gasteiger partial charge < -0.3 is 0 Å². The van der Waals surface area contributed by atoms with Gasteiger partial charge in [-0.3, -0.25) is 4.79 Å². The molecule has 0 aromatic carbocycles. The molecule has 1 N–H and O–H groups in total. The molecule has 0 radical (unpaired) electrons. The maximum Gasteiger partial charge on any atom is 0.281 e. The molecule has 82 valence electrons. The molecule has 1 amide bonds. The molecule has 2 aromatic heterocycles. The molecule has 0 saturated heterocycles. The summed E-state index contributed by atoms with van der Waals surface area (Å²) >= 11 is 3.00. The van der Waals surface area contributed by atoms with E-state index in [1.165, 1.54) is 16.9 Å². The van der Waals surface area contributed by atoms with Crippen LogP contribution < -0.4 is 5.43 Å². The highest BCUT2D eigenvalue weighted by Gasteiger charge is 2.03. The number of nitrogens with one attached hydrogen (secondary N) is 1. The summed E-state index contributed by atoms with van der Waals surface area (Å²) in [6.45, 7) is 2.01. The highest BCUT2D eigenvalue weighted by molar-refractivity contribution is 7.12. The molecule has 16 heavy (non-hydrogen) atoms. The van der Waals surface area contributed by atoms with E-state index in [9.17, 15) is 4.79 Å². The lowest BCUT2D eigenvalue weighted by Gasteiger charge is -1.94. The van der Waals surface area contributed by atoms with Crippen LogP contribution in [0.5, 0.6) is 0 Å². The zero-order chi connectivity index (χ0) is 11.4. The topological polar surface area (TPSA) is 41.5 Å². The monoisotopic (exact) mass is 250 g/mol. The first kappa shape index (κ1) is 11.0. The molecule has 0 saturated carbocycles. The Bertz CT molecular complexity index is 500. The van der Waals surface area contributed by atoms with E-state index in [4.69, 9.17) is 0 Å². The second kappa shape index (κ2) is 5.05. The quantitative estimate of drug-likeness (QED) is 0.660. The van der Waals surface area contributed by atoms with Gasteiger partial charge in [0.05, 0.1) is 11.1 Å². The molecular weight excluding hydrogens is 240 g/mol. The van der Waals surface area contributed by atoms with Crippen LogP contribution in [-0.4, -0.2) is 12.1 Å². The van der Waals surface area contributed by atoms with Crippen molar-refractivity contribution in [3.63, 3.8) is 0 Å². The van der Waals surface area contributed by atoms with E-state index in [0.29, 0.717) is 4.88 Å². The van der Waals surface area contributed by atoms with Gasteiger partial charge in [-0.15, -0.1) is 22.7 Å². The van der Waals surface area contributed by atoms with Crippen molar-refractivity contribution in [3.8, 4) is 0 Å². The fourth-order valence-corrected chi connectivity index (χ4v) is 2.53. The molecule has 0 unspecified atom stereocenters.